The van der Waals surface area contributed by atoms with Gasteiger partial charge in [0.15, 0.2) is 0 Å². The molecule has 1 aliphatic heterocycles. The molecule has 1 unspecified atom stereocenters. The van der Waals surface area contributed by atoms with Crippen LogP contribution in [0.15, 0.2) is 0 Å². The van der Waals surface area contributed by atoms with Crippen molar-refractivity contribution in [3.05, 3.63) is 0 Å². The van der Waals surface area contributed by atoms with Crippen LogP contribution < -0.4 is 16.0 Å². The SMILES string of the molecule is CCCN(CC(=O)NC(=O)NC1CC1)CC1CCCCN1. The molecule has 1 atom stereocenters. The van der Waals surface area contributed by atoms with Crippen LogP contribution in [0.5, 0.6) is 0 Å². The molecule has 1 saturated heterocycles. The predicted octanol–water partition coefficient (Wildman–Crippen LogP) is 0.829. The summed E-state index contributed by atoms with van der Waals surface area (Å²) in [7, 11) is 0. The molecule has 0 aromatic rings. The Hall–Kier alpha value is -1.14. The Kier molecular flexibility index (Phi) is 6.45. The highest BCUT2D eigenvalue weighted by Crippen LogP contribution is 2.18. The fraction of sp³-hybridized carbons (Fsp3) is 0.867. The molecule has 2 fully saturated rings. The fourth-order valence-corrected chi connectivity index (χ4v) is 2.76. The topological polar surface area (TPSA) is 73.5 Å². The maximum Gasteiger partial charge on any atom is 0.321 e. The Labute approximate surface area is 127 Å². The van der Waals surface area contributed by atoms with Crippen LogP contribution in [0.25, 0.3) is 0 Å². The zero-order valence-electron chi connectivity index (χ0n) is 13.0. The van der Waals surface area contributed by atoms with Gasteiger partial charge in [0.05, 0.1) is 6.54 Å². The second kappa shape index (κ2) is 8.34. The van der Waals surface area contributed by atoms with Gasteiger partial charge < -0.3 is 10.6 Å². The minimum absolute atomic E-state index is 0.211. The zero-order valence-corrected chi connectivity index (χ0v) is 13.0. The molecule has 3 N–H and O–H groups in total. The largest absolute Gasteiger partial charge is 0.335 e. The maximum atomic E-state index is 11.9. The van der Waals surface area contributed by atoms with E-state index in [-0.39, 0.29) is 18.0 Å². The van der Waals surface area contributed by atoms with Gasteiger partial charge in [0.25, 0.3) is 0 Å². The quantitative estimate of drug-likeness (QED) is 0.650. The van der Waals surface area contributed by atoms with Crippen LogP contribution in [0.3, 0.4) is 0 Å². The first-order valence-electron chi connectivity index (χ1n) is 8.23. The van der Waals surface area contributed by atoms with Gasteiger partial charge in [-0.2, -0.15) is 0 Å². The number of carbonyl (C=O) groups is 2. The first-order chi connectivity index (χ1) is 10.2. The summed E-state index contributed by atoms with van der Waals surface area (Å²) in [5.74, 6) is -0.211. The van der Waals surface area contributed by atoms with Crippen LogP contribution in [0, 0.1) is 0 Å². The van der Waals surface area contributed by atoms with Gasteiger partial charge in [-0.15, -0.1) is 0 Å². The van der Waals surface area contributed by atoms with Crippen molar-refractivity contribution in [3.63, 3.8) is 0 Å². The van der Waals surface area contributed by atoms with E-state index in [0.29, 0.717) is 12.6 Å². The highest BCUT2D eigenvalue weighted by atomic mass is 16.2. The van der Waals surface area contributed by atoms with Crippen LogP contribution in [0.4, 0.5) is 4.79 Å². The predicted molar refractivity (Wildman–Crippen MR) is 82.1 cm³/mol. The van der Waals surface area contributed by atoms with Crippen LogP contribution in [0.2, 0.25) is 0 Å². The molecule has 0 aromatic carbocycles. The molecule has 1 aliphatic carbocycles. The standard InChI is InChI=1S/C15H28N4O2/c1-2-9-19(10-13-5-3-4-8-16-13)11-14(20)18-15(21)17-12-6-7-12/h12-13,16H,2-11H2,1H3,(H2,17,18,20,21). The van der Waals surface area contributed by atoms with Crippen molar-refractivity contribution in [1.29, 1.82) is 0 Å². The Bertz CT molecular complexity index is 352. The molecular formula is C15H28N4O2. The minimum atomic E-state index is -0.352. The van der Waals surface area contributed by atoms with Crippen LogP contribution in [0.1, 0.15) is 45.4 Å². The Morgan fingerprint density at radius 1 is 1.24 bits per heavy atom. The van der Waals surface area contributed by atoms with Crippen molar-refractivity contribution in [2.24, 2.45) is 0 Å². The van der Waals surface area contributed by atoms with E-state index in [2.05, 4.69) is 27.8 Å². The first-order valence-corrected chi connectivity index (χ1v) is 8.23. The number of imide groups is 1. The van der Waals surface area contributed by atoms with E-state index < -0.39 is 0 Å². The summed E-state index contributed by atoms with van der Waals surface area (Å²) in [5, 5.41) is 8.70. The number of nitrogens with one attached hydrogen (secondary N) is 3. The second-order valence-corrected chi connectivity index (χ2v) is 6.18. The van der Waals surface area contributed by atoms with Crippen molar-refractivity contribution in [2.45, 2.75) is 57.5 Å². The number of piperidine rings is 1. The van der Waals surface area contributed by atoms with Crippen molar-refractivity contribution < 1.29 is 9.59 Å². The molecular weight excluding hydrogens is 268 g/mol. The van der Waals surface area contributed by atoms with Crippen LogP contribution in [-0.4, -0.2) is 55.1 Å². The Morgan fingerprint density at radius 2 is 2.05 bits per heavy atom. The van der Waals surface area contributed by atoms with E-state index in [0.717, 1.165) is 38.9 Å². The molecule has 0 radical (unpaired) electrons. The number of rotatable bonds is 7. The van der Waals surface area contributed by atoms with Crippen molar-refractivity contribution in [3.8, 4) is 0 Å². The van der Waals surface area contributed by atoms with Gasteiger partial charge in [0.1, 0.15) is 0 Å². The summed E-state index contributed by atoms with van der Waals surface area (Å²) in [4.78, 5) is 25.6. The van der Waals surface area contributed by atoms with Gasteiger partial charge in [-0.25, -0.2) is 4.79 Å². The van der Waals surface area contributed by atoms with E-state index in [1.807, 2.05) is 0 Å². The van der Waals surface area contributed by atoms with Crippen molar-refractivity contribution in [1.82, 2.24) is 20.9 Å². The molecule has 120 valence electrons. The molecule has 3 amide bonds. The summed E-state index contributed by atoms with van der Waals surface area (Å²) in [6.07, 6.45) is 6.73. The fourth-order valence-electron chi connectivity index (χ4n) is 2.76. The second-order valence-electron chi connectivity index (χ2n) is 6.18. The highest BCUT2D eigenvalue weighted by Gasteiger charge is 2.24. The van der Waals surface area contributed by atoms with E-state index in [1.54, 1.807) is 0 Å². The van der Waals surface area contributed by atoms with E-state index in [4.69, 9.17) is 0 Å². The smallest absolute Gasteiger partial charge is 0.321 e. The molecule has 0 spiro atoms. The molecule has 1 saturated carbocycles. The Balaban J connectivity index is 1.71. The lowest BCUT2D eigenvalue weighted by atomic mass is 10.0. The average Bonchev–Trinajstić information content (AvgIpc) is 3.23. The molecule has 0 bridgehead atoms. The van der Waals surface area contributed by atoms with Crippen LogP contribution in [-0.2, 0) is 4.79 Å². The molecule has 1 heterocycles. The minimum Gasteiger partial charge on any atom is -0.335 e. The lowest BCUT2D eigenvalue weighted by Crippen LogP contribution is -2.49. The average molecular weight is 296 g/mol. The van der Waals surface area contributed by atoms with Gasteiger partial charge in [-0.3, -0.25) is 15.0 Å². The van der Waals surface area contributed by atoms with Crippen molar-refractivity contribution in [2.75, 3.05) is 26.2 Å². The van der Waals surface area contributed by atoms with Gasteiger partial charge in [-0.05, 0) is 45.2 Å². The summed E-state index contributed by atoms with van der Waals surface area (Å²) in [6, 6.07) is 0.393. The van der Waals surface area contributed by atoms with Crippen molar-refractivity contribution >= 4 is 11.9 Å². The normalized spacial score (nSPS) is 22.1. The summed E-state index contributed by atoms with van der Waals surface area (Å²) in [5.41, 5.74) is 0. The lowest BCUT2D eigenvalue weighted by molar-refractivity contribution is -0.121. The zero-order chi connectivity index (χ0) is 15.1. The first kappa shape index (κ1) is 16.2. The van der Waals surface area contributed by atoms with Gasteiger partial charge >= 0.3 is 6.03 Å². The Morgan fingerprint density at radius 3 is 2.67 bits per heavy atom. The number of hydrogen-bond donors (Lipinski definition) is 3. The van der Waals surface area contributed by atoms with E-state index >= 15 is 0 Å². The molecule has 21 heavy (non-hydrogen) atoms. The number of amides is 3. The van der Waals surface area contributed by atoms with E-state index in [9.17, 15) is 9.59 Å². The third-order valence-corrected chi connectivity index (χ3v) is 3.96. The number of nitrogens with zero attached hydrogens (tertiary/aromatic N) is 1. The van der Waals surface area contributed by atoms with Gasteiger partial charge in [-0.1, -0.05) is 13.3 Å². The van der Waals surface area contributed by atoms with Gasteiger partial charge in [0.2, 0.25) is 5.91 Å². The maximum absolute atomic E-state index is 11.9. The van der Waals surface area contributed by atoms with Gasteiger partial charge in [0, 0.05) is 18.6 Å². The summed E-state index contributed by atoms with van der Waals surface area (Å²) < 4.78 is 0. The highest BCUT2D eigenvalue weighted by molar-refractivity contribution is 5.95. The molecule has 6 heteroatoms. The van der Waals surface area contributed by atoms with E-state index in [1.165, 1.54) is 19.3 Å². The number of urea groups is 1. The molecule has 2 rings (SSSR count). The molecule has 6 nitrogen and oxygen atoms in total. The summed E-state index contributed by atoms with van der Waals surface area (Å²) in [6.45, 7) is 5.24. The number of carbonyl (C=O) groups excluding carboxylic acids is 2. The lowest BCUT2D eigenvalue weighted by Gasteiger charge is -2.30. The third kappa shape index (κ3) is 6.44. The number of hydrogen-bond acceptors (Lipinski definition) is 4. The molecule has 2 aliphatic rings. The monoisotopic (exact) mass is 296 g/mol. The van der Waals surface area contributed by atoms with Crippen LogP contribution >= 0.6 is 0 Å². The summed E-state index contributed by atoms with van der Waals surface area (Å²) >= 11 is 0. The third-order valence-electron chi connectivity index (χ3n) is 3.96. The molecule has 0 aromatic heterocycles.